The summed E-state index contributed by atoms with van der Waals surface area (Å²) in [6, 6.07) is 7.58. The Bertz CT molecular complexity index is 492. The fraction of sp³-hybridized carbons (Fsp3) is 0.250. The molecule has 0 unspecified atom stereocenters. The molecule has 1 aromatic heterocycles. The molecule has 0 bridgehead atoms. The van der Waals surface area contributed by atoms with Crippen molar-refractivity contribution in [3.63, 3.8) is 0 Å². The second-order valence-electron chi connectivity index (χ2n) is 3.46. The van der Waals surface area contributed by atoms with Gasteiger partial charge in [-0.05, 0) is 25.1 Å². The second kappa shape index (κ2) is 4.37. The largest absolute Gasteiger partial charge is 0.497 e. The topological polar surface area (TPSA) is 61.3 Å². The number of benzene rings is 1. The number of oxazole rings is 1. The van der Waals surface area contributed by atoms with Crippen LogP contribution in [0.4, 0.5) is 0 Å². The first-order chi connectivity index (χ1) is 7.74. The molecule has 2 rings (SSSR count). The predicted octanol–water partition coefficient (Wildman–Crippen LogP) is 2.12. The van der Waals surface area contributed by atoms with Crippen molar-refractivity contribution in [1.29, 1.82) is 0 Å². The van der Waals surface area contributed by atoms with Crippen molar-refractivity contribution < 1.29 is 9.15 Å². The van der Waals surface area contributed by atoms with Gasteiger partial charge in [-0.3, -0.25) is 0 Å². The number of aromatic nitrogens is 1. The first kappa shape index (κ1) is 10.7. The van der Waals surface area contributed by atoms with Crippen molar-refractivity contribution in [3.05, 3.63) is 35.7 Å². The van der Waals surface area contributed by atoms with Gasteiger partial charge in [-0.1, -0.05) is 6.07 Å². The zero-order valence-corrected chi connectivity index (χ0v) is 9.36. The minimum atomic E-state index is 0.388. The van der Waals surface area contributed by atoms with Gasteiger partial charge in [0.15, 0.2) is 0 Å². The number of methoxy groups -OCH3 is 1. The monoisotopic (exact) mass is 218 g/mol. The maximum Gasteiger partial charge on any atom is 0.226 e. The molecule has 16 heavy (non-hydrogen) atoms. The molecule has 0 saturated carbocycles. The molecule has 0 aliphatic heterocycles. The third-order valence-corrected chi connectivity index (χ3v) is 2.40. The highest BCUT2D eigenvalue weighted by Gasteiger charge is 2.10. The van der Waals surface area contributed by atoms with E-state index in [9.17, 15) is 0 Å². The third kappa shape index (κ3) is 1.92. The first-order valence-corrected chi connectivity index (χ1v) is 5.05. The smallest absolute Gasteiger partial charge is 0.226 e. The molecular weight excluding hydrogens is 204 g/mol. The number of nitrogens with two attached hydrogens (primary N) is 1. The number of rotatable bonds is 3. The molecule has 0 radical (unpaired) electrons. The SMILES string of the molecule is COc1cccc(-c2nc(CN)c(C)o2)c1. The molecule has 0 spiro atoms. The van der Waals surface area contributed by atoms with Crippen molar-refractivity contribution >= 4 is 0 Å². The molecular formula is C12H14N2O2. The van der Waals surface area contributed by atoms with E-state index >= 15 is 0 Å². The van der Waals surface area contributed by atoms with E-state index in [0.29, 0.717) is 12.4 Å². The lowest BCUT2D eigenvalue weighted by molar-refractivity contribution is 0.414. The van der Waals surface area contributed by atoms with Gasteiger partial charge in [0, 0.05) is 12.1 Å². The van der Waals surface area contributed by atoms with Crippen molar-refractivity contribution in [2.75, 3.05) is 7.11 Å². The Morgan fingerprint density at radius 1 is 1.44 bits per heavy atom. The van der Waals surface area contributed by atoms with E-state index in [1.807, 2.05) is 31.2 Å². The van der Waals surface area contributed by atoms with E-state index in [-0.39, 0.29) is 0 Å². The van der Waals surface area contributed by atoms with E-state index < -0.39 is 0 Å². The number of aryl methyl sites for hydroxylation is 1. The summed E-state index contributed by atoms with van der Waals surface area (Å²) in [6.45, 7) is 2.25. The van der Waals surface area contributed by atoms with Crippen LogP contribution in [0.25, 0.3) is 11.5 Å². The summed E-state index contributed by atoms with van der Waals surface area (Å²) in [7, 11) is 1.63. The highest BCUT2D eigenvalue weighted by atomic mass is 16.5. The third-order valence-electron chi connectivity index (χ3n) is 2.40. The van der Waals surface area contributed by atoms with Crippen LogP contribution in [0.1, 0.15) is 11.5 Å². The molecule has 2 N–H and O–H groups in total. The number of hydrogen-bond donors (Lipinski definition) is 1. The van der Waals surface area contributed by atoms with E-state index in [4.69, 9.17) is 14.9 Å². The van der Waals surface area contributed by atoms with E-state index in [1.165, 1.54) is 0 Å². The Morgan fingerprint density at radius 3 is 2.88 bits per heavy atom. The van der Waals surface area contributed by atoms with Crippen LogP contribution in [0.5, 0.6) is 5.75 Å². The van der Waals surface area contributed by atoms with Crippen molar-refractivity contribution in [2.45, 2.75) is 13.5 Å². The van der Waals surface area contributed by atoms with Crippen molar-refractivity contribution in [3.8, 4) is 17.2 Å². The summed E-state index contributed by atoms with van der Waals surface area (Å²) < 4.78 is 10.7. The van der Waals surface area contributed by atoms with Crippen LogP contribution < -0.4 is 10.5 Å². The van der Waals surface area contributed by atoms with Crippen LogP contribution in [0.2, 0.25) is 0 Å². The van der Waals surface area contributed by atoms with Crippen LogP contribution in [0, 0.1) is 6.92 Å². The molecule has 0 aliphatic carbocycles. The zero-order valence-electron chi connectivity index (χ0n) is 9.36. The summed E-state index contributed by atoms with van der Waals surface area (Å²) in [5.74, 6) is 2.12. The summed E-state index contributed by atoms with van der Waals surface area (Å²) in [5.41, 5.74) is 7.23. The van der Waals surface area contributed by atoms with Gasteiger partial charge in [0.2, 0.25) is 5.89 Å². The molecule has 1 aromatic carbocycles. The van der Waals surface area contributed by atoms with Gasteiger partial charge in [0.05, 0.1) is 12.8 Å². The Hall–Kier alpha value is -1.81. The molecule has 2 aromatic rings. The number of hydrogen-bond acceptors (Lipinski definition) is 4. The van der Waals surface area contributed by atoms with Crippen LogP contribution >= 0.6 is 0 Å². The average Bonchev–Trinajstić information content (AvgIpc) is 2.71. The van der Waals surface area contributed by atoms with Crippen LogP contribution in [-0.2, 0) is 6.54 Å². The van der Waals surface area contributed by atoms with Gasteiger partial charge in [0.25, 0.3) is 0 Å². The van der Waals surface area contributed by atoms with Gasteiger partial charge >= 0.3 is 0 Å². The Labute approximate surface area is 94.1 Å². The zero-order chi connectivity index (χ0) is 11.5. The fourth-order valence-corrected chi connectivity index (χ4v) is 1.50. The van der Waals surface area contributed by atoms with Gasteiger partial charge in [-0.25, -0.2) is 4.98 Å². The lowest BCUT2D eigenvalue weighted by atomic mass is 10.2. The van der Waals surface area contributed by atoms with Crippen LogP contribution in [-0.4, -0.2) is 12.1 Å². The van der Waals surface area contributed by atoms with E-state index in [1.54, 1.807) is 7.11 Å². The van der Waals surface area contributed by atoms with Crippen LogP contribution in [0.3, 0.4) is 0 Å². The van der Waals surface area contributed by atoms with Gasteiger partial charge in [0.1, 0.15) is 11.5 Å². The summed E-state index contributed by atoms with van der Waals surface area (Å²) in [6.07, 6.45) is 0. The fourth-order valence-electron chi connectivity index (χ4n) is 1.50. The molecule has 4 nitrogen and oxygen atoms in total. The molecule has 0 saturated heterocycles. The Kier molecular flexibility index (Phi) is 2.92. The summed E-state index contributed by atoms with van der Waals surface area (Å²) in [4.78, 5) is 4.33. The van der Waals surface area contributed by atoms with E-state index in [0.717, 1.165) is 22.8 Å². The molecule has 0 fully saturated rings. The highest BCUT2D eigenvalue weighted by molar-refractivity contribution is 5.56. The van der Waals surface area contributed by atoms with Crippen molar-refractivity contribution in [1.82, 2.24) is 4.98 Å². The average molecular weight is 218 g/mol. The summed E-state index contributed by atoms with van der Waals surface area (Å²) in [5, 5.41) is 0. The van der Waals surface area contributed by atoms with Gasteiger partial charge < -0.3 is 14.9 Å². The lowest BCUT2D eigenvalue weighted by Gasteiger charge is -2.00. The van der Waals surface area contributed by atoms with Gasteiger partial charge in [-0.2, -0.15) is 0 Å². The Balaban J connectivity index is 2.41. The van der Waals surface area contributed by atoms with Gasteiger partial charge in [-0.15, -0.1) is 0 Å². The molecule has 4 heteroatoms. The maximum absolute atomic E-state index is 5.55. The molecule has 1 heterocycles. The molecule has 0 atom stereocenters. The summed E-state index contributed by atoms with van der Waals surface area (Å²) >= 11 is 0. The lowest BCUT2D eigenvalue weighted by Crippen LogP contribution is -1.97. The quantitative estimate of drug-likeness (QED) is 0.857. The van der Waals surface area contributed by atoms with Crippen LogP contribution in [0.15, 0.2) is 28.7 Å². The maximum atomic E-state index is 5.55. The normalized spacial score (nSPS) is 10.4. The minimum Gasteiger partial charge on any atom is -0.497 e. The molecule has 0 amide bonds. The standard InChI is InChI=1S/C12H14N2O2/c1-8-11(7-13)14-12(16-8)9-4-3-5-10(6-9)15-2/h3-6H,7,13H2,1-2H3. The predicted molar refractivity (Wildman–Crippen MR) is 61.1 cm³/mol. The minimum absolute atomic E-state index is 0.388. The molecule has 0 aliphatic rings. The Morgan fingerprint density at radius 2 is 2.25 bits per heavy atom. The molecule has 84 valence electrons. The van der Waals surface area contributed by atoms with Crippen molar-refractivity contribution in [2.24, 2.45) is 5.73 Å². The first-order valence-electron chi connectivity index (χ1n) is 5.05. The van der Waals surface area contributed by atoms with E-state index in [2.05, 4.69) is 4.98 Å². The number of nitrogens with zero attached hydrogens (tertiary/aromatic N) is 1. The highest BCUT2D eigenvalue weighted by Crippen LogP contribution is 2.24. The number of ether oxygens (including phenoxy) is 1. The second-order valence-corrected chi connectivity index (χ2v) is 3.46.